The molecule has 92 valence electrons. The van der Waals surface area contributed by atoms with E-state index in [2.05, 4.69) is 39.6 Å². The van der Waals surface area contributed by atoms with E-state index in [0.29, 0.717) is 6.10 Å². The van der Waals surface area contributed by atoms with Crippen molar-refractivity contribution in [3.63, 3.8) is 0 Å². The number of likely N-dealkylation sites (N-methyl/N-ethyl adjacent to an activating group) is 1. The molecule has 0 saturated heterocycles. The molecule has 0 amide bonds. The molecule has 2 N–H and O–H groups in total. The molecule has 0 atom stereocenters. The van der Waals surface area contributed by atoms with Crippen molar-refractivity contribution < 1.29 is 4.74 Å². The van der Waals surface area contributed by atoms with Gasteiger partial charge in [0.25, 0.3) is 0 Å². The third kappa shape index (κ3) is 4.49. The Bertz CT molecular complexity index is 147. The Hall–Kier alpha value is -0.120. The molecule has 3 heteroatoms. The van der Waals surface area contributed by atoms with Crippen LogP contribution in [0.25, 0.3) is 0 Å². The third-order valence-corrected chi connectivity index (χ3v) is 3.38. The van der Waals surface area contributed by atoms with Crippen LogP contribution in [0.1, 0.15) is 40.5 Å². The molecule has 0 bridgehead atoms. The topological polar surface area (TPSA) is 38.5 Å². The molecule has 0 saturated carbocycles. The molecule has 0 fully saturated rings. The minimum Gasteiger partial charge on any atom is -0.377 e. The van der Waals surface area contributed by atoms with Crippen LogP contribution in [0.2, 0.25) is 0 Å². The maximum absolute atomic E-state index is 5.88. The Morgan fingerprint density at radius 2 is 1.80 bits per heavy atom. The highest BCUT2D eigenvalue weighted by Crippen LogP contribution is 2.20. The van der Waals surface area contributed by atoms with Crippen molar-refractivity contribution in [3.8, 4) is 0 Å². The normalized spacial score (nSPS) is 12.8. The van der Waals surface area contributed by atoms with Crippen molar-refractivity contribution in [1.29, 1.82) is 0 Å². The average molecular weight is 216 g/mol. The van der Waals surface area contributed by atoms with Crippen molar-refractivity contribution >= 4 is 0 Å². The highest BCUT2D eigenvalue weighted by Gasteiger charge is 2.28. The molecule has 0 aliphatic carbocycles. The fraction of sp³-hybridized carbons (Fsp3) is 1.00. The molecule has 0 aliphatic rings. The zero-order valence-electron chi connectivity index (χ0n) is 11.0. The molecule has 0 unspecified atom stereocenters. The zero-order chi connectivity index (χ0) is 11.9. The smallest absolute Gasteiger partial charge is 0.0597 e. The summed E-state index contributed by atoms with van der Waals surface area (Å²) in [5, 5.41) is 0. The Labute approximate surface area is 95.0 Å². The van der Waals surface area contributed by atoms with E-state index in [1.165, 1.54) is 0 Å². The molecule has 0 aliphatic heterocycles. The van der Waals surface area contributed by atoms with Crippen LogP contribution in [0, 0.1) is 0 Å². The van der Waals surface area contributed by atoms with Gasteiger partial charge in [0.05, 0.1) is 12.7 Å². The van der Waals surface area contributed by atoms with Crippen LogP contribution in [-0.4, -0.2) is 43.3 Å². The SMILES string of the molecule is CCC(CC)(CN)N(C)CCOC(C)C. The van der Waals surface area contributed by atoms with E-state index in [-0.39, 0.29) is 5.54 Å². The van der Waals surface area contributed by atoms with Gasteiger partial charge >= 0.3 is 0 Å². The van der Waals surface area contributed by atoms with E-state index >= 15 is 0 Å². The van der Waals surface area contributed by atoms with Crippen LogP contribution in [0.5, 0.6) is 0 Å². The van der Waals surface area contributed by atoms with Crippen LogP contribution in [0.3, 0.4) is 0 Å². The zero-order valence-corrected chi connectivity index (χ0v) is 11.0. The summed E-state index contributed by atoms with van der Waals surface area (Å²) in [7, 11) is 2.14. The number of hydrogen-bond donors (Lipinski definition) is 1. The van der Waals surface area contributed by atoms with Gasteiger partial charge in [-0.05, 0) is 33.7 Å². The van der Waals surface area contributed by atoms with E-state index in [1.54, 1.807) is 0 Å². The number of ether oxygens (including phenoxy) is 1. The number of rotatable bonds is 8. The standard InChI is InChI=1S/C12H28N2O/c1-6-12(7-2,10-13)14(5)8-9-15-11(3)4/h11H,6-10,13H2,1-5H3. The molecule has 0 radical (unpaired) electrons. The molecule has 3 nitrogen and oxygen atoms in total. The van der Waals surface area contributed by atoms with Gasteiger partial charge in [0.1, 0.15) is 0 Å². The second-order valence-electron chi connectivity index (χ2n) is 4.48. The van der Waals surface area contributed by atoms with E-state index in [9.17, 15) is 0 Å². The van der Waals surface area contributed by atoms with Crippen molar-refractivity contribution in [2.24, 2.45) is 5.73 Å². The fourth-order valence-corrected chi connectivity index (χ4v) is 1.90. The van der Waals surface area contributed by atoms with Crippen molar-refractivity contribution in [2.45, 2.75) is 52.2 Å². The molecule has 0 rings (SSSR count). The van der Waals surface area contributed by atoms with Gasteiger partial charge in [-0.1, -0.05) is 13.8 Å². The van der Waals surface area contributed by atoms with Gasteiger partial charge in [0.15, 0.2) is 0 Å². The highest BCUT2D eigenvalue weighted by atomic mass is 16.5. The van der Waals surface area contributed by atoms with Gasteiger partial charge in [-0.25, -0.2) is 0 Å². The Morgan fingerprint density at radius 3 is 2.13 bits per heavy atom. The van der Waals surface area contributed by atoms with E-state index in [4.69, 9.17) is 10.5 Å². The van der Waals surface area contributed by atoms with Crippen LogP contribution in [0.15, 0.2) is 0 Å². The van der Waals surface area contributed by atoms with Crippen LogP contribution in [0.4, 0.5) is 0 Å². The summed E-state index contributed by atoms with van der Waals surface area (Å²) < 4.78 is 5.56. The second kappa shape index (κ2) is 7.20. The lowest BCUT2D eigenvalue weighted by Gasteiger charge is -2.40. The monoisotopic (exact) mass is 216 g/mol. The van der Waals surface area contributed by atoms with Crippen molar-refractivity contribution in [1.82, 2.24) is 4.90 Å². The van der Waals surface area contributed by atoms with E-state index in [0.717, 1.165) is 32.5 Å². The molecule has 15 heavy (non-hydrogen) atoms. The average Bonchev–Trinajstić information content (AvgIpc) is 2.21. The maximum Gasteiger partial charge on any atom is 0.0597 e. The molecular weight excluding hydrogens is 188 g/mol. The van der Waals surface area contributed by atoms with Crippen LogP contribution < -0.4 is 5.73 Å². The minimum absolute atomic E-state index is 0.153. The first kappa shape index (κ1) is 14.9. The van der Waals surface area contributed by atoms with Crippen molar-refractivity contribution in [3.05, 3.63) is 0 Å². The fourth-order valence-electron chi connectivity index (χ4n) is 1.90. The van der Waals surface area contributed by atoms with Gasteiger partial charge in [-0.3, -0.25) is 4.90 Å². The number of nitrogens with two attached hydrogens (primary N) is 1. The molecule has 0 spiro atoms. The Balaban J connectivity index is 4.08. The molecular formula is C12H28N2O. The summed E-state index contributed by atoms with van der Waals surface area (Å²) in [5.41, 5.74) is 6.03. The summed E-state index contributed by atoms with van der Waals surface area (Å²) in [6, 6.07) is 0. The first-order valence-corrected chi connectivity index (χ1v) is 6.05. The van der Waals surface area contributed by atoms with Gasteiger partial charge in [0.2, 0.25) is 0 Å². The van der Waals surface area contributed by atoms with Gasteiger partial charge in [-0.15, -0.1) is 0 Å². The van der Waals surface area contributed by atoms with Gasteiger partial charge in [-0.2, -0.15) is 0 Å². The molecule has 0 aromatic rings. The van der Waals surface area contributed by atoms with Gasteiger partial charge in [0, 0.05) is 18.6 Å². The van der Waals surface area contributed by atoms with E-state index < -0.39 is 0 Å². The summed E-state index contributed by atoms with van der Waals surface area (Å²) in [4.78, 5) is 2.34. The van der Waals surface area contributed by atoms with Crippen LogP contribution in [-0.2, 0) is 4.74 Å². The molecule has 0 aromatic heterocycles. The largest absolute Gasteiger partial charge is 0.377 e. The predicted octanol–water partition coefficient (Wildman–Crippen LogP) is 1.86. The lowest BCUT2D eigenvalue weighted by molar-refractivity contribution is 0.0321. The van der Waals surface area contributed by atoms with Crippen molar-refractivity contribution in [2.75, 3.05) is 26.7 Å². The minimum atomic E-state index is 0.153. The summed E-state index contributed by atoms with van der Waals surface area (Å²) in [6.07, 6.45) is 2.50. The Kier molecular flexibility index (Phi) is 7.14. The molecule has 0 aromatic carbocycles. The first-order valence-electron chi connectivity index (χ1n) is 6.05. The van der Waals surface area contributed by atoms with E-state index in [1.807, 2.05) is 0 Å². The van der Waals surface area contributed by atoms with Crippen LogP contribution >= 0.6 is 0 Å². The summed E-state index contributed by atoms with van der Waals surface area (Å²) in [5.74, 6) is 0. The lowest BCUT2D eigenvalue weighted by atomic mass is 9.91. The molecule has 0 heterocycles. The quantitative estimate of drug-likeness (QED) is 0.673. The first-order chi connectivity index (χ1) is 7.02. The highest BCUT2D eigenvalue weighted by molar-refractivity contribution is 4.87. The number of hydrogen-bond acceptors (Lipinski definition) is 3. The maximum atomic E-state index is 5.88. The lowest BCUT2D eigenvalue weighted by Crippen LogP contribution is -2.52. The predicted molar refractivity (Wildman–Crippen MR) is 66.1 cm³/mol. The second-order valence-corrected chi connectivity index (χ2v) is 4.48. The number of nitrogens with zero attached hydrogens (tertiary/aromatic N) is 1. The Morgan fingerprint density at radius 1 is 1.27 bits per heavy atom. The third-order valence-electron chi connectivity index (χ3n) is 3.38. The summed E-state index contributed by atoms with van der Waals surface area (Å²) >= 11 is 0. The summed E-state index contributed by atoms with van der Waals surface area (Å²) in [6.45, 7) is 11.0. The van der Waals surface area contributed by atoms with Gasteiger partial charge < -0.3 is 10.5 Å².